The molecular weight excluding hydrogens is 295 g/mol. The van der Waals surface area contributed by atoms with Gasteiger partial charge in [-0.05, 0) is 44.2 Å². The number of anilines is 1. The monoisotopic (exact) mass is 314 g/mol. The van der Waals surface area contributed by atoms with Gasteiger partial charge in [0.25, 0.3) is 5.91 Å². The highest BCUT2D eigenvalue weighted by atomic mass is 19.1. The minimum absolute atomic E-state index is 0.0580. The Labute approximate surface area is 134 Å². The Morgan fingerprint density at radius 1 is 1.04 bits per heavy atom. The summed E-state index contributed by atoms with van der Waals surface area (Å²) in [5.74, 6) is 0.313. The Morgan fingerprint density at radius 3 is 2.30 bits per heavy atom. The van der Waals surface area contributed by atoms with Gasteiger partial charge >= 0.3 is 0 Å². The highest BCUT2D eigenvalue weighted by Crippen LogP contribution is 2.17. The minimum atomic E-state index is -0.239. The summed E-state index contributed by atoms with van der Waals surface area (Å²) in [6.07, 6.45) is 0. The summed E-state index contributed by atoms with van der Waals surface area (Å²) < 4.78 is 13.0. The maximum atomic E-state index is 13.0. The van der Waals surface area contributed by atoms with Gasteiger partial charge in [0.05, 0.1) is 0 Å². The third-order valence-electron chi connectivity index (χ3n) is 3.94. The summed E-state index contributed by atoms with van der Waals surface area (Å²) in [6.45, 7) is 6.34. The molecule has 23 heavy (non-hydrogen) atoms. The average Bonchev–Trinajstić information content (AvgIpc) is 2.54. The molecule has 1 fully saturated rings. The van der Waals surface area contributed by atoms with E-state index < -0.39 is 0 Å². The molecule has 3 rings (SSSR count). The first-order chi connectivity index (χ1) is 11.0. The smallest absolute Gasteiger partial charge is 0.272 e. The molecule has 1 saturated heterocycles. The van der Waals surface area contributed by atoms with Crippen LogP contribution in [0.1, 0.15) is 22.0 Å². The Hall–Kier alpha value is -2.50. The van der Waals surface area contributed by atoms with Crippen LogP contribution in [0.2, 0.25) is 0 Å². The molecular formula is C17H19FN4O. The zero-order chi connectivity index (χ0) is 16.4. The Morgan fingerprint density at radius 2 is 1.70 bits per heavy atom. The number of rotatable bonds is 2. The van der Waals surface area contributed by atoms with E-state index in [1.165, 1.54) is 12.1 Å². The molecule has 0 atom stereocenters. The van der Waals surface area contributed by atoms with Gasteiger partial charge in [-0.15, -0.1) is 0 Å². The molecule has 1 aromatic carbocycles. The Balaban J connectivity index is 1.66. The van der Waals surface area contributed by atoms with Crippen LogP contribution in [-0.2, 0) is 0 Å². The molecule has 1 amide bonds. The van der Waals surface area contributed by atoms with Crippen molar-refractivity contribution in [1.29, 1.82) is 0 Å². The van der Waals surface area contributed by atoms with Crippen molar-refractivity contribution in [3.8, 4) is 0 Å². The molecule has 1 aliphatic rings. The first kappa shape index (κ1) is 15.4. The quantitative estimate of drug-likeness (QED) is 0.852. The maximum Gasteiger partial charge on any atom is 0.272 e. The predicted molar refractivity (Wildman–Crippen MR) is 86.0 cm³/mol. The zero-order valence-electron chi connectivity index (χ0n) is 13.3. The van der Waals surface area contributed by atoms with Crippen molar-refractivity contribution >= 4 is 11.6 Å². The van der Waals surface area contributed by atoms with E-state index in [4.69, 9.17) is 0 Å². The second-order valence-corrected chi connectivity index (χ2v) is 5.70. The highest BCUT2D eigenvalue weighted by Gasteiger charge is 2.23. The van der Waals surface area contributed by atoms with Gasteiger partial charge < -0.3 is 9.80 Å². The largest absolute Gasteiger partial charge is 0.368 e. The van der Waals surface area contributed by atoms with Gasteiger partial charge in [-0.3, -0.25) is 4.79 Å². The number of hydrogen-bond acceptors (Lipinski definition) is 4. The van der Waals surface area contributed by atoms with E-state index in [0.717, 1.165) is 24.5 Å². The molecule has 0 saturated carbocycles. The van der Waals surface area contributed by atoms with Gasteiger partial charge in [-0.25, -0.2) is 14.4 Å². The van der Waals surface area contributed by atoms with Crippen molar-refractivity contribution in [3.63, 3.8) is 0 Å². The summed E-state index contributed by atoms with van der Waals surface area (Å²) >= 11 is 0. The summed E-state index contributed by atoms with van der Waals surface area (Å²) in [6, 6.07) is 8.17. The van der Waals surface area contributed by atoms with Crippen LogP contribution in [0, 0.1) is 19.7 Å². The molecule has 1 aliphatic heterocycles. The lowest BCUT2D eigenvalue weighted by Gasteiger charge is -2.36. The van der Waals surface area contributed by atoms with Crippen LogP contribution in [0.4, 0.5) is 10.1 Å². The highest BCUT2D eigenvalue weighted by molar-refractivity contribution is 5.92. The summed E-state index contributed by atoms with van der Waals surface area (Å²) in [5.41, 5.74) is 2.23. The first-order valence-corrected chi connectivity index (χ1v) is 7.65. The maximum absolute atomic E-state index is 13.0. The van der Waals surface area contributed by atoms with Crippen LogP contribution in [0.5, 0.6) is 0 Å². The molecule has 0 aliphatic carbocycles. The lowest BCUT2D eigenvalue weighted by molar-refractivity contribution is 0.0740. The SMILES string of the molecule is Cc1cc(C(=O)N2CCN(c3ccc(F)cc3)CC2)nc(C)n1. The Kier molecular flexibility index (Phi) is 4.23. The van der Waals surface area contributed by atoms with Crippen molar-refractivity contribution in [1.82, 2.24) is 14.9 Å². The number of benzene rings is 1. The average molecular weight is 314 g/mol. The van der Waals surface area contributed by atoms with Gasteiger partial charge in [0.2, 0.25) is 0 Å². The van der Waals surface area contributed by atoms with E-state index in [0.29, 0.717) is 24.6 Å². The molecule has 2 heterocycles. The molecule has 0 N–H and O–H groups in total. The van der Waals surface area contributed by atoms with Gasteiger partial charge in [0.15, 0.2) is 0 Å². The topological polar surface area (TPSA) is 49.3 Å². The number of amides is 1. The molecule has 120 valence electrons. The number of halogens is 1. The van der Waals surface area contributed by atoms with Crippen molar-refractivity contribution < 1.29 is 9.18 Å². The van der Waals surface area contributed by atoms with Crippen LogP contribution in [0.3, 0.4) is 0 Å². The lowest BCUT2D eigenvalue weighted by Crippen LogP contribution is -2.49. The second kappa shape index (κ2) is 6.32. The van der Waals surface area contributed by atoms with Crippen LogP contribution in [0.15, 0.2) is 30.3 Å². The lowest BCUT2D eigenvalue weighted by atomic mass is 10.2. The molecule has 0 spiro atoms. The molecule has 0 radical (unpaired) electrons. The van der Waals surface area contributed by atoms with E-state index in [1.807, 2.05) is 6.92 Å². The van der Waals surface area contributed by atoms with Crippen molar-refractivity contribution in [2.75, 3.05) is 31.1 Å². The van der Waals surface area contributed by atoms with Crippen LogP contribution in [0.25, 0.3) is 0 Å². The van der Waals surface area contributed by atoms with Gasteiger partial charge in [0.1, 0.15) is 17.3 Å². The molecule has 1 aromatic heterocycles. The minimum Gasteiger partial charge on any atom is -0.368 e. The van der Waals surface area contributed by atoms with Crippen LogP contribution >= 0.6 is 0 Å². The standard InChI is InChI=1S/C17H19FN4O/c1-12-11-16(20-13(2)19-12)17(23)22-9-7-21(8-10-22)15-5-3-14(18)4-6-15/h3-6,11H,7-10H2,1-2H3. The van der Waals surface area contributed by atoms with Gasteiger partial charge in [0, 0.05) is 37.6 Å². The molecule has 2 aromatic rings. The third kappa shape index (κ3) is 3.47. The van der Waals surface area contributed by atoms with Crippen LogP contribution in [-0.4, -0.2) is 47.0 Å². The van der Waals surface area contributed by atoms with Crippen molar-refractivity contribution in [3.05, 3.63) is 53.4 Å². The molecule has 0 bridgehead atoms. The van der Waals surface area contributed by atoms with E-state index in [2.05, 4.69) is 14.9 Å². The van der Waals surface area contributed by atoms with Gasteiger partial charge in [-0.1, -0.05) is 0 Å². The number of aryl methyl sites for hydroxylation is 2. The predicted octanol–water partition coefficient (Wildman–Crippen LogP) is 2.19. The number of piperazine rings is 1. The summed E-state index contributed by atoms with van der Waals surface area (Å²) in [7, 11) is 0. The van der Waals surface area contributed by atoms with E-state index in [-0.39, 0.29) is 11.7 Å². The third-order valence-corrected chi connectivity index (χ3v) is 3.94. The Bertz CT molecular complexity index is 689. The van der Waals surface area contributed by atoms with Crippen molar-refractivity contribution in [2.24, 2.45) is 0 Å². The number of aromatic nitrogens is 2. The number of nitrogens with zero attached hydrogens (tertiary/aromatic N) is 4. The van der Waals surface area contributed by atoms with Gasteiger partial charge in [-0.2, -0.15) is 0 Å². The molecule has 6 heteroatoms. The fourth-order valence-electron chi connectivity index (χ4n) is 2.81. The molecule has 0 unspecified atom stereocenters. The van der Waals surface area contributed by atoms with E-state index in [9.17, 15) is 9.18 Å². The fraction of sp³-hybridized carbons (Fsp3) is 0.353. The number of carbonyl (C=O) groups is 1. The number of carbonyl (C=O) groups excluding carboxylic acids is 1. The number of hydrogen-bond donors (Lipinski definition) is 0. The van der Waals surface area contributed by atoms with Crippen molar-refractivity contribution in [2.45, 2.75) is 13.8 Å². The summed E-state index contributed by atoms with van der Waals surface area (Å²) in [5, 5.41) is 0. The fourth-order valence-corrected chi connectivity index (χ4v) is 2.81. The normalized spacial score (nSPS) is 14.9. The zero-order valence-corrected chi connectivity index (χ0v) is 13.3. The van der Waals surface area contributed by atoms with Crippen LogP contribution < -0.4 is 4.90 Å². The second-order valence-electron chi connectivity index (χ2n) is 5.70. The summed E-state index contributed by atoms with van der Waals surface area (Å²) in [4.78, 5) is 25.0. The molecule has 5 nitrogen and oxygen atoms in total. The van der Waals surface area contributed by atoms with E-state index in [1.54, 1.807) is 30.0 Å². The first-order valence-electron chi connectivity index (χ1n) is 7.65. The van der Waals surface area contributed by atoms with E-state index >= 15 is 0 Å².